The van der Waals surface area contributed by atoms with Gasteiger partial charge >= 0.3 is 6.03 Å². The van der Waals surface area contributed by atoms with E-state index in [1.165, 1.54) is 10.5 Å². The van der Waals surface area contributed by atoms with Crippen LogP contribution >= 0.6 is 11.8 Å². The molecule has 27 heavy (non-hydrogen) atoms. The van der Waals surface area contributed by atoms with Crippen LogP contribution in [-0.4, -0.2) is 37.6 Å². The number of urea groups is 1. The lowest BCUT2D eigenvalue weighted by molar-refractivity contribution is 0.0682. The van der Waals surface area contributed by atoms with Gasteiger partial charge in [-0.05, 0) is 44.0 Å². The van der Waals surface area contributed by atoms with Crippen LogP contribution < -0.4 is 15.4 Å². The smallest absolute Gasteiger partial charge is 0.319 e. The first kappa shape index (κ1) is 19.6. The van der Waals surface area contributed by atoms with Gasteiger partial charge in [0.25, 0.3) is 0 Å². The normalized spacial score (nSPS) is 16.1. The van der Waals surface area contributed by atoms with E-state index in [2.05, 4.69) is 41.8 Å². The number of benzene rings is 2. The summed E-state index contributed by atoms with van der Waals surface area (Å²) in [4.78, 5) is 13.4. The molecule has 2 N–H and O–H groups in total. The maximum Gasteiger partial charge on any atom is 0.319 e. The van der Waals surface area contributed by atoms with Crippen molar-refractivity contribution >= 4 is 23.5 Å². The molecular weight excluding hydrogens is 360 g/mol. The quantitative estimate of drug-likeness (QED) is 0.519. The molecule has 0 spiro atoms. The Morgan fingerprint density at radius 1 is 1.22 bits per heavy atom. The Hall–Kier alpha value is -2.18. The molecule has 0 aliphatic carbocycles. The van der Waals surface area contributed by atoms with E-state index >= 15 is 0 Å². The Labute approximate surface area is 164 Å². The maximum absolute atomic E-state index is 12.2. The zero-order chi connectivity index (χ0) is 18.9. The minimum Gasteiger partial charge on any atom is -0.489 e. The summed E-state index contributed by atoms with van der Waals surface area (Å²) in [7, 11) is 0. The molecule has 0 aromatic heterocycles. The summed E-state index contributed by atoms with van der Waals surface area (Å²) in [6.07, 6.45) is 2.25. The average Bonchev–Trinajstić information content (AvgIpc) is 3.20. The van der Waals surface area contributed by atoms with E-state index in [1.54, 1.807) is 11.8 Å². The van der Waals surface area contributed by atoms with Crippen molar-refractivity contribution < 1.29 is 14.3 Å². The standard InChI is InChI=1S/C21H26N2O3S/c1-16-8-10-18(11-9-16)27-14-12-22-21(24)23-19-6-2-3-7-20(19)26-15-17-5-4-13-25-17/h2-3,6-11,17H,4-5,12-15H2,1H3,(H2,22,23,24)/t17-/m0/s1. The van der Waals surface area contributed by atoms with E-state index in [4.69, 9.17) is 9.47 Å². The highest BCUT2D eigenvalue weighted by molar-refractivity contribution is 7.99. The first-order valence-corrected chi connectivity index (χ1v) is 10.3. The number of aryl methyl sites for hydroxylation is 1. The van der Waals surface area contributed by atoms with Gasteiger partial charge in [0.05, 0.1) is 11.8 Å². The average molecular weight is 387 g/mol. The van der Waals surface area contributed by atoms with Crippen molar-refractivity contribution in [1.29, 1.82) is 0 Å². The molecule has 1 heterocycles. The molecule has 2 amide bonds. The summed E-state index contributed by atoms with van der Waals surface area (Å²) < 4.78 is 11.4. The van der Waals surface area contributed by atoms with Gasteiger partial charge in [-0.25, -0.2) is 4.79 Å². The predicted octanol–water partition coefficient (Wildman–Crippen LogP) is 4.47. The molecule has 2 aromatic rings. The highest BCUT2D eigenvalue weighted by Gasteiger charge is 2.17. The number of para-hydroxylation sites is 2. The number of hydrogen-bond acceptors (Lipinski definition) is 4. The summed E-state index contributed by atoms with van der Waals surface area (Å²) in [5.41, 5.74) is 1.91. The summed E-state index contributed by atoms with van der Waals surface area (Å²) in [6, 6.07) is 15.6. The van der Waals surface area contributed by atoms with E-state index < -0.39 is 0 Å². The van der Waals surface area contributed by atoms with Crippen LogP contribution in [0, 0.1) is 6.92 Å². The van der Waals surface area contributed by atoms with Crippen molar-refractivity contribution in [2.45, 2.75) is 30.8 Å². The molecule has 1 fully saturated rings. The molecule has 0 bridgehead atoms. The maximum atomic E-state index is 12.2. The molecule has 1 atom stereocenters. The molecule has 1 saturated heterocycles. The molecule has 2 aromatic carbocycles. The molecule has 0 radical (unpaired) electrons. The van der Waals surface area contributed by atoms with Crippen LogP contribution in [0.5, 0.6) is 5.75 Å². The number of thioether (sulfide) groups is 1. The Balaban J connectivity index is 1.41. The number of anilines is 1. The molecule has 5 nitrogen and oxygen atoms in total. The van der Waals surface area contributed by atoms with Gasteiger partial charge in [-0.3, -0.25) is 0 Å². The number of rotatable bonds is 8. The zero-order valence-electron chi connectivity index (χ0n) is 15.6. The minimum absolute atomic E-state index is 0.144. The summed E-state index contributed by atoms with van der Waals surface area (Å²) in [6.45, 7) is 3.97. The second-order valence-electron chi connectivity index (χ2n) is 6.48. The van der Waals surface area contributed by atoms with E-state index in [9.17, 15) is 4.79 Å². The summed E-state index contributed by atoms with van der Waals surface area (Å²) >= 11 is 1.72. The van der Waals surface area contributed by atoms with Gasteiger partial charge in [0.15, 0.2) is 0 Å². The first-order chi connectivity index (χ1) is 13.2. The second kappa shape index (κ2) is 10.2. The van der Waals surface area contributed by atoms with Crippen molar-refractivity contribution in [2.24, 2.45) is 0 Å². The molecule has 1 aliphatic rings. The summed E-state index contributed by atoms with van der Waals surface area (Å²) in [5, 5.41) is 5.75. The van der Waals surface area contributed by atoms with Crippen molar-refractivity contribution in [2.75, 3.05) is 30.8 Å². The van der Waals surface area contributed by atoms with Gasteiger partial charge in [0.2, 0.25) is 0 Å². The fourth-order valence-electron chi connectivity index (χ4n) is 2.79. The number of ether oxygens (including phenoxy) is 2. The Kier molecular flexibility index (Phi) is 7.42. The van der Waals surface area contributed by atoms with Gasteiger partial charge in [0.1, 0.15) is 12.4 Å². The van der Waals surface area contributed by atoms with Crippen LogP contribution in [0.4, 0.5) is 10.5 Å². The van der Waals surface area contributed by atoms with Crippen molar-refractivity contribution in [3.05, 3.63) is 54.1 Å². The van der Waals surface area contributed by atoms with Crippen LogP contribution in [0.25, 0.3) is 0 Å². The fraction of sp³-hybridized carbons (Fsp3) is 0.381. The number of amides is 2. The molecule has 0 unspecified atom stereocenters. The van der Waals surface area contributed by atoms with Crippen molar-refractivity contribution in [1.82, 2.24) is 5.32 Å². The van der Waals surface area contributed by atoms with Gasteiger partial charge in [0, 0.05) is 23.8 Å². The minimum atomic E-state index is -0.229. The lowest BCUT2D eigenvalue weighted by Gasteiger charge is -2.15. The third-order valence-electron chi connectivity index (χ3n) is 4.26. The first-order valence-electron chi connectivity index (χ1n) is 9.28. The lowest BCUT2D eigenvalue weighted by atomic mass is 10.2. The van der Waals surface area contributed by atoms with Crippen LogP contribution in [0.15, 0.2) is 53.4 Å². The van der Waals surface area contributed by atoms with Crippen molar-refractivity contribution in [3.63, 3.8) is 0 Å². The van der Waals surface area contributed by atoms with Crippen molar-refractivity contribution in [3.8, 4) is 5.75 Å². The zero-order valence-corrected chi connectivity index (χ0v) is 16.4. The third-order valence-corrected chi connectivity index (χ3v) is 5.28. The molecule has 3 rings (SSSR count). The molecule has 6 heteroatoms. The van der Waals surface area contributed by atoms with Crippen LogP contribution in [0.2, 0.25) is 0 Å². The third kappa shape index (κ3) is 6.48. The van der Waals surface area contributed by atoms with E-state index in [1.807, 2.05) is 24.3 Å². The van der Waals surface area contributed by atoms with Crippen LogP contribution in [-0.2, 0) is 4.74 Å². The monoisotopic (exact) mass is 386 g/mol. The van der Waals surface area contributed by atoms with E-state index in [0.717, 1.165) is 25.2 Å². The van der Waals surface area contributed by atoms with Gasteiger partial charge in [-0.2, -0.15) is 0 Å². The van der Waals surface area contributed by atoms with E-state index in [0.29, 0.717) is 24.6 Å². The molecular formula is C21H26N2O3S. The second-order valence-corrected chi connectivity index (χ2v) is 7.65. The largest absolute Gasteiger partial charge is 0.489 e. The van der Waals surface area contributed by atoms with Crippen LogP contribution in [0.3, 0.4) is 0 Å². The Bertz CT molecular complexity index is 730. The topological polar surface area (TPSA) is 59.6 Å². The Morgan fingerprint density at radius 3 is 2.81 bits per heavy atom. The number of carbonyl (C=O) groups is 1. The van der Waals surface area contributed by atoms with Gasteiger partial charge in [-0.15, -0.1) is 11.8 Å². The number of carbonyl (C=O) groups excluding carboxylic acids is 1. The van der Waals surface area contributed by atoms with Crippen LogP contribution in [0.1, 0.15) is 18.4 Å². The highest BCUT2D eigenvalue weighted by atomic mass is 32.2. The fourth-order valence-corrected chi connectivity index (χ4v) is 3.56. The molecule has 144 valence electrons. The number of hydrogen-bond donors (Lipinski definition) is 2. The lowest BCUT2D eigenvalue weighted by Crippen LogP contribution is -2.30. The number of nitrogens with one attached hydrogen (secondary N) is 2. The van der Waals surface area contributed by atoms with E-state index in [-0.39, 0.29) is 12.1 Å². The molecule has 0 saturated carbocycles. The highest BCUT2D eigenvalue weighted by Crippen LogP contribution is 2.25. The Morgan fingerprint density at radius 2 is 2.04 bits per heavy atom. The van der Waals surface area contributed by atoms with Gasteiger partial charge in [-0.1, -0.05) is 29.8 Å². The SMILES string of the molecule is Cc1ccc(SCCNC(=O)Nc2ccccc2OC[C@@H]2CCCO2)cc1. The summed E-state index contributed by atoms with van der Waals surface area (Å²) in [5.74, 6) is 1.48. The molecule has 1 aliphatic heterocycles. The van der Waals surface area contributed by atoms with Gasteiger partial charge < -0.3 is 20.1 Å². The predicted molar refractivity (Wildman–Crippen MR) is 110 cm³/mol.